The number of fused-ring (bicyclic) bond motifs is 1. The summed E-state index contributed by atoms with van der Waals surface area (Å²) in [5.74, 6) is 0.0512. The Bertz CT molecular complexity index is 360. The van der Waals surface area contributed by atoms with Crippen LogP contribution in [-0.2, 0) is 9.47 Å². The van der Waals surface area contributed by atoms with Gasteiger partial charge in [0, 0.05) is 23.4 Å². The number of hydrogen-bond acceptors (Lipinski definition) is 4. The minimum absolute atomic E-state index is 0.0512. The average Bonchev–Trinajstić information content (AvgIpc) is 2.83. The average molecular weight is 393 g/mol. The largest absolute Gasteiger partial charge is 0.396 e. The van der Waals surface area contributed by atoms with E-state index in [9.17, 15) is 0 Å². The molecule has 2 aliphatic heterocycles. The van der Waals surface area contributed by atoms with Gasteiger partial charge in [0.25, 0.3) is 0 Å². The van der Waals surface area contributed by atoms with Gasteiger partial charge in [0.05, 0.1) is 24.4 Å². The molecule has 0 radical (unpaired) electrons. The van der Waals surface area contributed by atoms with E-state index in [1.165, 1.54) is 0 Å². The zero-order valence-electron chi connectivity index (χ0n) is 12.1. The molecule has 2 rings (SSSR count). The third-order valence-electron chi connectivity index (χ3n) is 4.42. The van der Waals surface area contributed by atoms with Crippen molar-refractivity contribution in [2.24, 2.45) is 5.92 Å². The Hall–Kier alpha value is 0.1000. The van der Waals surface area contributed by atoms with Crippen LogP contribution in [0.3, 0.4) is 0 Å². The molecule has 0 spiro atoms. The second-order valence-electron chi connectivity index (χ2n) is 6.10. The SMILES string of the molecule is CC(C#N)CC1CCC2OC(CCCO)CC2(CI)O1. The summed E-state index contributed by atoms with van der Waals surface area (Å²) in [7, 11) is 0. The van der Waals surface area contributed by atoms with Gasteiger partial charge in [-0.2, -0.15) is 5.26 Å². The maximum Gasteiger partial charge on any atom is 0.106 e. The highest BCUT2D eigenvalue weighted by Gasteiger charge is 2.52. The van der Waals surface area contributed by atoms with Gasteiger partial charge in [-0.1, -0.05) is 22.6 Å². The molecule has 2 saturated heterocycles. The maximum absolute atomic E-state index is 8.96. The van der Waals surface area contributed by atoms with Crippen LogP contribution in [0, 0.1) is 17.2 Å². The zero-order chi connectivity index (χ0) is 14.6. The van der Waals surface area contributed by atoms with Crippen LogP contribution in [0.4, 0.5) is 0 Å². The molecule has 0 aliphatic carbocycles. The lowest BCUT2D eigenvalue weighted by atomic mass is 9.86. The van der Waals surface area contributed by atoms with Gasteiger partial charge in [-0.3, -0.25) is 0 Å². The van der Waals surface area contributed by atoms with E-state index in [2.05, 4.69) is 28.7 Å². The Labute approximate surface area is 135 Å². The lowest BCUT2D eigenvalue weighted by Gasteiger charge is -2.41. The minimum atomic E-state index is -0.168. The third kappa shape index (κ3) is 3.65. The number of nitriles is 1. The summed E-state index contributed by atoms with van der Waals surface area (Å²) in [5, 5.41) is 17.9. The Morgan fingerprint density at radius 1 is 1.45 bits per heavy atom. The van der Waals surface area contributed by atoms with E-state index in [0.29, 0.717) is 0 Å². The summed E-state index contributed by atoms with van der Waals surface area (Å²) >= 11 is 2.40. The van der Waals surface area contributed by atoms with Crippen molar-refractivity contribution in [3.63, 3.8) is 0 Å². The van der Waals surface area contributed by atoms with Gasteiger partial charge in [-0.15, -0.1) is 0 Å². The van der Waals surface area contributed by atoms with E-state index in [-0.39, 0.29) is 36.4 Å². The summed E-state index contributed by atoms with van der Waals surface area (Å²) in [6.45, 7) is 2.19. The van der Waals surface area contributed by atoms with Crippen LogP contribution in [0.1, 0.15) is 45.4 Å². The van der Waals surface area contributed by atoms with E-state index in [4.69, 9.17) is 19.8 Å². The van der Waals surface area contributed by atoms with Gasteiger partial charge in [0.15, 0.2) is 0 Å². The van der Waals surface area contributed by atoms with Crippen LogP contribution in [0.15, 0.2) is 0 Å². The molecular formula is C15H24INO3. The van der Waals surface area contributed by atoms with Crippen molar-refractivity contribution in [3.05, 3.63) is 0 Å². The molecule has 2 heterocycles. The first-order chi connectivity index (χ1) is 9.63. The summed E-state index contributed by atoms with van der Waals surface area (Å²) in [5.41, 5.74) is -0.168. The number of alkyl halides is 1. The molecule has 2 aliphatic rings. The van der Waals surface area contributed by atoms with Crippen LogP contribution in [0.25, 0.3) is 0 Å². The quantitative estimate of drug-likeness (QED) is 0.557. The first-order valence-corrected chi connectivity index (χ1v) is 9.06. The Morgan fingerprint density at radius 3 is 2.90 bits per heavy atom. The fourth-order valence-corrected chi connectivity index (χ4v) is 4.36. The Kier molecular flexibility index (Phi) is 6.09. The number of hydrogen-bond donors (Lipinski definition) is 1. The molecule has 0 aromatic rings. The maximum atomic E-state index is 8.96. The van der Waals surface area contributed by atoms with E-state index in [1.54, 1.807) is 0 Å². The number of halogens is 1. The number of aliphatic hydroxyl groups is 1. The standard InChI is InChI=1S/C15H24INO3/c1-11(9-17)7-12-4-5-14-15(10-16,20-12)8-13(19-14)3-2-6-18/h11-14,18H,2-8,10H2,1H3. The highest BCUT2D eigenvalue weighted by molar-refractivity contribution is 14.1. The third-order valence-corrected chi connectivity index (χ3v) is 5.71. The highest BCUT2D eigenvalue weighted by Crippen LogP contribution is 2.44. The molecule has 5 unspecified atom stereocenters. The van der Waals surface area contributed by atoms with Crippen LogP contribution in [0.5, 0.6) is 0 Å². The van der Waals surface area contributed by atoms with Gasteiger partial charge in [0.2, 0.25) is 0 Å². The van der Waals surface area contributed by atoms with Crippen molar-refractivity contribution in [3.8, 4) is 6.07 Å². The van der Waals surface area contributed by atoms with Gasteiger partial charge in [-0.05, 0) is 39.0 Å². The highest BCUT2D eigenvalue weighted by atomic mass is 127. The topological polar surface area (TPSA) is 62.5 Å². The smallest absolute Gasteiger partial charge is 0.106 e. The van der Waals surface area contributed by atoms with E-state index < -0.39 is 0 Å². The molecule has 5 heteroatoms. The summed E-state index contributed by atoms with van der Waals surface area (Å²) in [6, 6.07) is 2.30. The molecule has 2 fully saturated rings. The predicted molar refractivity (Wildman–Crippen MR) is 84.7 cm³/mol. The Balaban J connectivity index is 1.96. The van der Waals surface area contributed by atoms with Crippen LogP contribution in [-0.4, -0.2) is 40.1 Å². The van der Waals surface area contributed by atoms with Crippen molar-refractivity contribution >= 4 is 22.6 Å². The summed E-state index contributed by atoms with van der Waals surface area (Å²) in [4.78, 5) is 0. The van der Waals surface area contributed by atoms with Gasteiger partial charge in [-0.25, -0.2) is 0 Å². The number of rotatable bonds is 6. The molecule has 0 amide bonds. The fraction of sp³-hybridized carbons (Fsp3) is 0.933. The van der Waals surface area contributed by atoms with E-state index in [0.717, 1.165) is 43.0 Å². The Morgan fingerprint density at radius 2 is 2.25 bits per heavy atom. The normalized spacial score (nSPS) is 38.2. The summed E-state index contributed by atoms with van der Waals surface area (Å²) in [6.07, 6.45) is 6.07. The van der Waals surface area contributed by atoms with Crippen molar-refractivity contribution < 1.29 is 14.6 Å². The molecular weight excluding hydrogens is 369 g/mol. The molecule has 0 saturated carbocycles. The molecule has 0 aromatic heterocycles. The van der Waals surface area contributed by atoms with Crippen molar-refractivity contribution in [2.45, 2.75) is 69.4 Å². The molecule has 4 nitrogen and oxygen atoms in total. The molecule has 0 aromatic carbocycles. The molecule has 1 N–H and O–H groups in total. The predicted octanol–water partition coefficient (Wildman–Crippen LogP) is 2.82. The summed E-state index contributed by atoms with van der Waals surface area (Å²) < 4.78 is 13.5. The van der Waals surface area contributed by atoms with Gasteiger partial charge < -0.3 is 14.6 Å². The van der Waals surface area contributed by atoms with E-state index >= 15 is 0 Å². The van der Waals surface area contributed by atoms with Crippen molar-refractivity contribution in [1.29, 1.82) is 5.26 Å². The lowest BCUT2D eigenvalue weighted by molar-refractivity contribution is -0.155. The zero-order valence-corrected chi connectivity index (χ0v) is 14.2. The lowest BCUT2D eigenvalue weighted by Crippen LogP contribution is -2.50. The molecule has 114 valence electrons. The van der Waals surface area contributed by atoms with Crippen molar-refractivity contribution in [2.75, 3.05) is 11.0 Å². The molecule has 0 bridgehead atoms. The molecule has 20 heavy (non-hydrogen) atoms. The fourth-order valence-electron chi connectivity index (χ4n) is 3.38. The minimum Gasteiger partial charge on any atom is -0.396 e. The first-order valence-electron chi connectivity index (χ1n) is 7.53. The van der Waals surface area contributed by atoms with Gasteiger partial charge >= 0.3 is 0 Å². The van der Waals surface area contributed by atoms with Crippen LogP contribution in [0.2, 0.25) is 0 Å². The number of ether oxygens (including phenoxy) is 2. The van der Waals surface area contributed by atoms with Crippen molar-refractivity contribution in [1.82, 2.24) is 0 Å². The second kappa shape index (κ2) is 7.39. The van der Waals surface area contributed by atoms with E-state index in [1.807, 2.05) is 6.92 Å². The van der Waals surface area contributed by atoms with Crippen LogP contribution < -0.4 is 0 Å². The second-order valence-corrected chi connectivity index (χ2v) is 6.86. The number of nitrogens with zero attached hydrogens (tertiary/aromatic N) is 1. The number of aliphatic hydroxyl groups excluding tert-OH is 1. The monoisotopic (exact) mass is 393 g/mol. The first kappa shape index (κ1) is 16.5. The van der Waals surface area contributed by atoms with Crippen LogP contribution >= 0.6 is 22.6 Å². The molecule has 5 atom stereocenters. The van der Waals surface area contributed by atoms with Gasteiger partial charge in [0.1, 0.15) is 5.60 Å².